The summed E-state index contributed by atoms with van der Waals surface area (Å²) in [5, 5.41) is 6.98. The van der Waals surface area contributed by atoms with Gasteiger partial charge in [0.05, 0.1) is 13.2 Å². The molecule has 1 atom stereocenters. The van der Waals surface area contributed by atoms with E-state index in [0.29, 0.717) is 19.1 Å². The summed E-state index contributed by atoms with van der Waals surface area (Å²) in [4.78, 5) is 6.74. The zero-order valence-corrected chi connectivity index (χ0v) is 19.0. The topological polar surface area (TPSA) is 67.4 Å². The second-order valence-electron chi connectivity index (χ2n) is 8.66. The molecule has 0 spiro atoms. The molecule has 7 heteroatoms. The van der Waals surface area contributed by atoms with Gasteiger partial charge in [0.25, 0.3) is 0 Å². The third-order valence-electron chi connectivity index (χ3n) is 6.35. The highest BCUT2D eigenvalue weighted by molar-refractivity contribution is 5.79. The molecule has 0 aliphatic carbocycles. The van der Waals surface area contributed by atoms with Crippen LogP contribution in [-0.4, -0.2) is 77.1 Å². The van der Waals surface area contributed by atoms with Crippen LogP contribution in [0.3, 0.4) is 0 Å². The second-order valence-corrected chi connectivity index (χ2v) is 8.66. The van der Waals surface area contributed by atoms with E-state index in [9.17, 15) is 0 Å². The molecule has 0 amide bonds. The average molecular weight is 419 g/mol. The van der Waals surface area contributed by atoms with Gasteiger partial charge in [-0.1, -0.05) is 12.1 Å². The van der Waals surface area contributed by atoms with Crippen molar-refractivity contribution in [2.75, 3.05) is 60.7 Å². The van der Waals surface area contributed by atoms with Gasteiger partial charge in [-0.15, -0.1) is 0 Å². The molecule has 7 nitrogen and oxygen atoms in total. The number of guanidine groups is 1. The summed E-state index contributed by atoms with van der Waals surface area (Å²) in [6.07, 6.45) is 3.12. The van der Waals surface area contributed by atoms with Gasteiger partial charge in [0.1, 0.15) is 5.75 Å². The van der Waals surface area contributed by atoms with Gasteiger partial charge in [-0.25, -0.2) is 0 Å². The summed E-state index contributed by atoms with van der Waals surface area (Å²) in [5.41, 5.74) is 2.43. The summed E-state index contributed by atoms with van der Waals surface area (Å²) in [6.45, 7) is 7.56. The Hall–Kier alpha value is -1.83. The molecule has 2 saturated heterocycles. The Kier molecular flexibility index (Phi) is 8.36. The molecule has 2 aliphatic heterocycles. The van der Waals surface area contributed by atoms with Crippen LogP contribution in [-0.2, 0) is 16.0 Å². The van der Waals surface area contributed by atoms with E-state index < -0.39 is 0 Å². The Balaban J connectivity index is 1.56. The van der Waals surface area contributed by atoms with Crippen molar-refractivity contribution >= 4 is 5.96 Å². The van der Waals surface area contributed by atoms with E-state index in [2.05, 4.69) is 59.7 Å². The number of nitrogens with zero attached hydrogens (tertiary/aromatic N) is 2. The van der Waals surface area contributed by atoms with E-state index in [0.717, 1.165) is 69.5 Å². The number of likely N-dealkylation sites (N-methyl/N-ethyl adjacent to an activating group) is 1. The lowest BCUT2D eigenvalue weighted by Gasteiger charge is -2.43. The van der Waals surface area contributed by atoms with Crippen molar-refractivity contribution in [1.29, 1.82) is 0 Å². The number of aryl methyl sites for hydroxylation is 1. The molecule has 0 radical (unpaired) electrons. The Labute approximate surface area is 181 Å². The van der Waals surface area contributed by atoms with E-state index in [1.165, 1.54) is 5.56 Å². The van der Waals surface area contributed by atoms with Gasteiger partial charge in [0.2, 0.25) is 0 Å². The van der Waals surface area contributed by atoms with Crippen molar-refractivity contribution in [2.45, 2.75) is 38.3 Å². The maximum atomic E-state index is 6.17. The second kappa shape index (κ2) is 11.0. The number of benzene rings is 1. The first-order valence-corrected chi connectivity index (χ1v) is 11.0. The largest absolute Gasteiger partial charge is 0.493 e. The van der Waals surface area contributed by atoms with Crippen LogP contribution in [0.1, 0.15) is 30.4 Å². The molecule has 1 aromatic rings. The van der Waals surface area contributed by atoms with Gasteiger partial charge in [0, 0.05) is 57.0 Å². The highest BCUT2D eigenvalue weighted by atomic mass is 16.5. The van der Waals surface area contributed by atoms with Gasteiger partial charge in [-0.3, -0.25) is 4.99 Å². The van der Waals surface area contributed by atoms with Crippen LogP contribution in [0.5, 0.6) is 5.75 Å². The van der Waals surface area contributed by atoms with Crippen LogP contribution in [0, 0.1) is 12.8 Å². The molecule has 30 heavy (non-hydrogen) atoms. The van der Waals surface area contributed by atoms with Gasteiger partial charge in [-0.05, 0) is 51.9 Å². The molecule has 2 heterocycles. The summed E-state index contributed by atoms with van der Waals surface area (Å²) in [7, 11) is 6.11. The maximum absolute atomic E-state index is 6.17. The fourth-order valence-electron chi connectivity index (χ4n) is 4.05. The quantitative estimate of drug-likeness (QED) is 0.498. The Morgan fingerprint density at radius 2 is 2.00 bits per heavy atom. The van der Waals surface area contributed by atoms with Crippen LogP contribution in [0.2, 0.25) is 0 Å². The van der Waals surface area contributed by atoms with Gasteiger partial charge in [0.15, 0.2) is 5.96 Å². The fourth-order valence-corrected chi connectivity index (χ4v) is 4.05. The molecule has 0 bridgehead atoms. The lowest BCUT2D eigenvalue weighted by atomic mass is 9.88. The predicted molar refractivity (Wildman–Crippen MR) is 120 cm³/mol. The van der Waals surface area contributed by atoms with E-state index in [4.69, 9.17) is 14.2 Å². The molecule has 168 valence electrons. The van der Waals surface area contributed by atoms with Gasteiger partial charge < -0.3 is 29.7 Å². The van der Waals surface area contributed by atoms with E-state index >= 15 is 0 Å². The van der Waals surface area contributed by atoms with Crippen molar-refractivity contribution in [3.05, 3.63) is 29.3 Å². The first kappa shape index (κ1) is 22.8. The number of rotatable bonds is 8. The molecule has 1 aromatic carbocycles. The minimum Gasteiger partial charge on any atom is -0.493 e. The zero-order chi connectivity index (χ0) is 21.4. The number of hydrogen-bond donors (Lipinski definition) is 2. The molecule has 2 fully saturated rings. The summed E-state index contributed by atoms with van der Waals surface area (Å²) in [5.74, 6) is 2.24. The van der Waals surface area contributed by atoms with Crippen LogP contribution < -0.4 is 15.4 Å². The van der Waals surface area contributed by atoms with Crippen molar-refractivity contribution in [2.24, 2.45) is 10.9 Å². The summed E-state index contributed by atoms with van der Waals surface area (Å²) in [6, 6.07) is 6.38. The Morgan fingerprint density at radius 3 is 2.67 bits per heavy atom. The number of aliphatic imine (C=N–C) groups is 1. The van der Waals surface area contributed by atoms with Crippen LogP contribution in [0.15, 0.2) is 23.2 Å². The summed E-state index contributed by atoms with van der Waals surface area (Å²) >= 11 is 0. The SMILES string of the molecule is CN=C(NCc1ccc(C)cc1OCC1CCOC1)NCC1(N(C)C)CCOCC1. The van der Waals surface area contributed by atoms with Crippen LogP contribution >= 0.6 is 0 Å². The maximum Gasteiger partial charge on any atom is 0.191 e. The summed E-state index contributed by atoms with van der Waals surface area (Å²) < 4.78 is 17.2. The van der Waals surface area contributed by atoms with Gasteiger partial charge >= 0.3 is 0 Å². The number of ether oxygens (including phenoxy) is 3. The van der Waals surface area contributed by atoms with Gasteiger partial charge in [-0.2, -0.15) is 0 Å². The lowest BCUT2D eigenvalue weighted by Crippen LogP contribution is -2.57. The monoisotopic (exact) mass is 418 g/mol. The molecule has 0 saturated carbocycles. The molecular weight excluding hydrogens is 380 g/mol. The Morgan fingerprint density at radius 1 is 1.20 bits per heavy atom. The minimum atomic E-state index is 0.0946. The normalized spacial score (nSPS) is 21.6. The van der Waals surface area contributed by atoms with E-state index in [-0.39, 0.29) is 5.54 Å². The number of nitrogens with one attached hydrogen (secondary N) is 2. The number of hydrogen-bond acceptors (Lipinski definition) is 5. The average Bonchev–Trinajstić information content (AvgIpc) is 3.27. The lowest BCUT2D eigenvalue weighted by molar-refractivity contribution is -0.00501. The Bertz CT molecular complexity index is 696. The van der Waals surface area contributed by atoms with Crippen LogP contribution in [0.4, 0.5) is 0 Å². The highest BCUT2D eigenvalue weighted by Gasteiger charge is 2.34. The smallest absolute Gasteiger partial charge is 0.191 e. The predicted octanol–water partition coefficient (Wildman–Crippen LogP) is 2.19. The van der Waals surface area contributed by atoms with Crippen molar-refractivity contribution < 1.29 is 14.2 Å². The van der Waals surface area contributed by atoms with Crippen molar-refractivity contribution in [3.8, 4) is 5.75 Å². The highest BCUT2D eigenvalue weighted by Crippen LogP contribution is 2.25. The third-order valence-corrected chi connectivity index (χ3v) is 6.35. The molecule has 2 N–H and O–H groups in total. The minimum absolute atomic E-state index is 0.0946. The molecular formula is C23H38N4O3. The first-order chi connectivity index (χ1) is 14.5. The molecule has 2 aliphatic rings. The zero-order valence-electron chi connectivity index (χ0n) is 19.0. The fraction of sp³-hybridized carbons (Fsp3) is 0.696. The van der Waals surface area contributed by atoms with Crippen LogP contribution in [0.25, 0.3) is 0 Å². The third kappa shape index (κ3) is 6.09. The van der Waals surface area contributed by atoms with Crippen molar-refractivity contribution in [1.82, 2.24) is 15.5 Å². The van der Waals surface area contributed by atoms with E-state index in [1.807, 2.05) is 7.05 Å². The van der Waals surface area contributed by atoms with Crippen molar-refractivity contribution in [3.63, 3.8) is 0 Å². The molecule has 0 aromatic heterocycles. The first-order valence-electron chi connectivity index (χ1n) is 11.0. The molecule has 3 rings (SSSR count). The molecule has 1 unspecified atom stereocenters. The standard InChI is InChI=1S/C23H38N4O3/c1-18-5-6-20(21(13-18)30-16-19-7-10-29-15-19)14-25-22(24-2)26-17-23(27(3)4)8-11-28-12-9-23/h5-6,13,19H,7-12,14-17H2,1-4H3,(H2,24,25,26). The van der Waals surface area contributed by atoms with E-state index in [1.54, 1.807) is 0 Å².